The van der Waals surface area contributed by atoms with Crippen molar-refractivity contribution >= 4 is 23.2 Å². The quantitative estimate of drug-likeness (QED) is 0.866. The molecule has 0 aliphatic heterocycles. The molecule has 1 amide bonds. The molecule has 0 spiro atoms. The lowest BCUT2D eigenvalue weighted by Crippen LogP contribution is -2.15. The zero-order valence-corrected chi connectivity index (χ0v) is 12.5. The van der Waals surface area contributed by atoms with Gasteiger partial charge in [-0.3, -0.25) is 4.79 Å². The number of amides is 1. The molecule has 3 heteroatoms. The average Bonchev–Trinajstić information content (AvgIpc) is 2.48. The van der Waals surface area contributed by atoms with Gasteiger partial charge in [-0.05, 0) is 42.2 Å². The van der Waals surface area contributed by atoms with Gasteiger partial charge in [0.2, 0.25) is 0 Å². The minimum atomic E-state index is -0.0998. The van der Waals surface area contributed by atoms with Gasteiger partial charge >= 0.3 is 0 Å². The van der Waals surface area contributed by atoms with Crippen molar-refractivity contribution in [2.45, 2.75) is 26.7 Å². The molecule has 0 radical (unpaired) electrons. The zero-order chi connectivity index (χ0) is 14.5. The average molecular weight is 288 g/mol. The van der Waals surface area contributed by atoms with E-state index in [-0.39, 0.29) is 5.91 Å². The summed E-state index contributed by atoms with van der Waals surface area (Å²) in [5.41, 5.74) is 3.61. The first-order valence-corrected chi connectivity index (χ1v) is 7.21. The number of carbonyl (C=O) groups is 1. The minimum absolute atomic E-state index is 0.0998. The van der Waals surface area contributed by atoms with Crippen molar-refractivity contribution in [3.8, 4) is 0 Å². The Labute approximate surface area is 124 Å². The summed E-state index contributed by atoms with van der Waals surface area (Å²) in [6.07, 6.45) is 1.64. The summed E-state index contributed by atoms with van der Waals surface area (Å²) in [6.45, 7) is 4.11. The van der Waals surface area contributed by atoms with Gasteiger partial charge in [0.05, 0.1) is 0 Å². The summed E-state index contributed by atoms with van der Waals surface area (Å²) >= 11 is 6.24. The Balaban J connectivity index is 2.37. The highest BCUT2D eigenvalue weighted by Gasteiger charge is 2.13. The lowest BCUT2D eigenvalue weighted by atomic mass is 10.0. The van der Waals surface area contributed by atoms with Gasteiger partial charge in [-0.1, -0.05) is 49.7 Å². The highest BCUT2D eigenvalue weighted by Crippen LogP contribution is 2.29. The molecule has 0 fully saturated rings. The van der Waals surface area contributed by atoms with E-state index in [1.54, 1.807) is 12.1 Å². The summed E-state index contributed by atoms with van der Waals surface area (Å²) in [7, 11) is 0. The second-order valence-corrected chi connectivity index (χ2v) is 4.99. The second kappa shape index (κ2) is 6.58. The van der Waals surface area contributed by atoms with Gasteiger partial charge in [-0.2, -0.15) is 0 Å². The highest BCUT2D eigenvalue weighted by molar-refractivity contribution is 6.32. The number of benzene rings is 2. The molecule has 0 heterocycles. The molecule has 0 saturated carbocycles. The minimum Gasteiger partial charge on any atom is -0.321 e. The van der Waals surface area contributed by atoms with Gasteiger partial charge in [0.15, 0.2) is 0 Å². The maximum atomic E-state index is 12.3. The fourth-order valence-electron chi connectivity index (χ4n) is 2.24. The van der Waals surface area contributed by atoms with Crippen molar-refractivity contribution in [2.24, 2.45) is 0 Å². The van der Waals surface area contributed by atoms with E-state index in [0.29, 0.717) is 10.6 Å². The van der Waals surface area contributed by atoms with Crippen LogP contribution in [0.15, 0.2) is 42.5 Å². The Hall–Kier alpha value is -1.80. The molecule has 0 aromatic heterocycles. The third-order valence-electron chi connectivity index (χ3n) is 3.35. The van der Waals surface area contributed by atoms with Crippen LogP contribution in [0.3, 0.4) is 0 Å². The van der Waals surface area contributed by atoms with Gasteiger partial charge in [0, 0.05) is 16.3 Å². The third kappa shape index (κ3) is 3.02. The van der Waals surface area contributed by atoms with Gasteiger partial charge in [0.1, 0.15) is 0 Å². The van der Waals surface area contributed by atoms with Gasteiger partial charge in [-0.25, -0.2) is 0 Å². The normalized spacial score (nSPS) is 10.3. The maximum Gasteiger partial charge on any atom is 0.255 e. The summed E-state index contributed by atoms with van der Waals surface area (Å²) < 4.78 is 0. The van der Waals surface area contributed by atoms with Crippen LogP contribution < -0.4 is 5.32 Å². The van der Waals surface area contributed by atoms with E-state index in [0.717, 1.165) is 29.7 Å². The van der Waals surface area contributed by atoms with Crippen molar-refractivity contribution in [1.82, 2.24) is 0 Å². The van der Waals surface area contributed by atoms with Crippen LogP contribution in [0.5, 0.6) is 0 Å². The van der Waals surface area contributed by atoms with Gasteiger partial charge < -0.3 is 5.32 Å². The van der Waals surface area contributed by atoms with Crippen LogP contribution in [0.4, 0.5) is 5.69 Å². The van der Waals surface area contributed by atoms with Crippen LogP contribution in [0.2, 0.25) is 5.02 Å². The fourth-order valence-corrected chi connectivity index (χ4v) is 2.53. The molecular weight excluding hydrogens is 270 g/mol. The van der Waals surface area contributed by atoms with Crippen molar-refractivity contribution in [3.05, 3.63) is 64.2 Å². The summed E-state index contributed by atoms with van der Waals surface area (Å²) in [4.78, 5) is 12.3. The van der Waals surface area contributed by atoms with Crippen LogP contribution in [0.25, 0.3) is 0 Å². The van der Waals surface area contributed by atoms with Crippen LogP contribution in [-0.2, 0) is 12.8 Å². The molecule has 2 nitrogen and oxygen atoms in total. The number of aryl methyl sites for hydroxylation is 1. The first-order chi connectivity index (χ1) is 9.67. The number of nitrogens with one attached hydrogen (secondary N) is 1. The molecule has 1 N–H and O–H groups in total. The molecule has 2 rings (SSSR count). The molecule has 0 aliphatic carbocycles. The lowest BCUT2D eigenvalue weighted by Gasteiger charge is -2.16. The molecule has 0 unspecified atom stereocenters. The topological polar surface area (TPSA) is 29.1 Å². The van der Waals surface area contributed by atoms with E-state index >= 15 is 0 Å². The molecule has 0 saturated heterocycles. The van der Waals surface area contributed by atoms with E-state index in [4.69, 9.17) is 11.6 Å². The Morgan fingerprint density at radius 2 is 1.75 bits per heavy atom. The Morgan fingerprint density at radius 3 is 2.35 bits per heavy atom. The number of carbonyl (C=O) groups excluding carboxylic acids is 1. The third-order valence-corrected chi connectivity index (χ3v) is 3.71. The first-order valence-electron chi connectivity index (χ1n) is 6.84. The van der Waals surface area contributed by atoms with Crippen LogP contribution in [-0.4, -0.2) is 5.91 Å². The number of hydrogen-bond donors (Lipinski definition) is 1. The number of anilines is 1. The second-order valence-electron chi connectivity index (χ2n) is 4.59. The summed E-state index contributed by atoms with van der Waals surface area (Å²) in [5.74, 6) is -0.0998. The summed E-state index contributed by atoms with van der Waals surface area (Å²) in [6, 6.07) is 13.1. The smallest absolute Gasteiger partial charge is 0.255 e. The number of hydrogen-bond acceptors (Lipinski definition) is 1. The molecule has 104 valence electrons. The van der Waals surface area contributed by atoms with Crippen molar-refractivity contribution in [1.29, 1.82) is 0 Å². The number of rotatable bonds is 4. The predicted octanol–water partition coefficient (Wildman–Crippen LogP) is 4.72. The lowest BCUT2D eigenvalue weighted by molar-refractivity contribution is 0.102. The molecule has 20 heavy (non-hydrogen) atoms. The number of halogens is 1. The molecule has 2 aromatic carbocycles. The molecule has 2 aromatic rings. The molecule has 0 aliphatic rings. The van der Waals surface area contributed by atoms with Gasteiger partial charge in [-0.15, -0.1) is 0 Å². The Bertz CT molecular complexity index is 608. The van der Waals surface area contributed by atoms with E-state index in [2.05, 4.69) is 12.2 Å². The SMILES string of the molecule is CCc1ccc(Cl)c(CC)c1NC(=O)c1ccccc1. The molecular formula is C17H18ClNO. The van der Waals surface area contributed by atoms with Crippen LogP contribution in [0, 0.1) is 0 Å². The van der Waals surface area contributed by atoms with E-state index < -0.39 is 0 Å². The van der Waals surface area contributed by atoms with Crippen molar-refractivity contribution < 1.29 is 4.79 Å². The van der Waals surface area contributed by atoms with Crippen LogP contribution in [0.1, 0.15) is 35.3 Å². The van der Waals surface area contributed by atoms with E-state index in [9.17, 15) is 4.79 Å². The standard InChI is InChI=1S/C17H18ClNO/c1-3-12-10-11-15(18)14(4-2)16(12)19-17(20)13-8-6-5-7-9-13/h5-11H,3-4H2,1-2H3,(H,19,20). The van der Waals surface area contributed by atoms with Gasteiger partial charge in [0.25, 0.3) is 5.91 Å². The first kappa shape index (κ1) is 14.6. The highest BCUT2D eigenvalue weighted by atomic mass is 35.5. The van der Waals surface area contributed by atoms with Crippen molar-refractivity contribution in [2.75, 3.05) is 5.32 Å². The molecule has 0 bridgehead atoms. The Morgan fingerprint density at radius 1 is 1.05 bits per heavy atom. The molecule has 0 atom stereocenters. The largest absolute Gasteiger partial charge is 0.321 e. The zero-order valence-electron chi connectivity index (χ0n) is 11.7. The van der Waals surface area contributed by atoms with Crippen LogP contribution >= 0.6 is 11.6 Å². The van der Waals surface area contributed by atoms with Crippen molar-refractivity contribution in [3.63, 3.8) is 0 Å². The predicted molar refractivity (Wildman–Crippen MR) is 84.6 cm³/mol. The maximum absolute atomic E-state index is 12.3. The van der Waals surface area contributed by atoms with E-state index in [1.165, 1.54) is 0 Å². The monoisotopic (exact) mass is 287 g/mol. The Kier molecular flexibility index (Phi) is 4.80. The fraction of sp³-hybridized carbons (Fsp3) is 0.235. The van der Waals surface area contributed by atoms with E-state index in [1.807, 2.05) is 37.3 Å². The summed E-state index contributed by atoms with van der Waals surface area (Å²) in [5, 5.41) is 3.72.